The minimum Gasteiger partial charge on any atom is -0.393 e. The molecule has 0 fully saturated rings. The Morgan fingerprint density at radius 1 is 1.53 bits per heavy atom. The van der Waals surface area contributed by atoms with E-state index in [-0.39, 0.29) is 6.10 Å². The minimum atomic E-state index is -0.283. The van der Waals surface area contributed by atoms with E-state index < -0.39 is 0 Å². The second-order valence-electron chi connectivity index (χ2n) is 4.38. The molecule has 0 aromatic carbocycles. The van der Waals surface area contributed by atoms with Crippen LogP contribution in [0.25, 0.3) is 10.7 Å². The van der Waals surface area contributed by atoms with E-state index in [9.17, 15) is 5.11 Å². The lowest BCUT2D eigenvalue weighted by atomic mass is 10.1. The molecule has 3 nitrogen and oxygen atoms in total. The lowest BCUT2D eigenvalue weighted by Gasteiger charge is -2.20. The zero-order valence-corrected chi connectivity index (χ0v) is 11.1. The van der Waals surface area contributed by atoms with Crippen LogP contribution in [0.15, 0.2) is 12.1 Å². The highest BCUT2D eigenvalue weighted by atomic mass is 35.5. The van der Waals surface area contributed by atoms with Crippen LogP contribution in [-0.2, 0) is 13.0 Å². The Hall–Kier alpha value is -0.840. The fourth-order valence-electron chi connectivity index (χ4n) is 2.24. The predicted octanol–water partition coefficient (Wildman–Crippen LogP) is 2.88. The standard InChI is InChI=1S/C12H13ClN2OS/c1-7-2-3-10(17-7)12-14-11(13)9-6-8(16)4-5-15(9)12/h2-3,8,16H,4-6H2,1H3. The molecule has 5 heteroatoms. The van der Waals surface area contributed by atoms with Gasteiger partial charge in [-0.1, -0.05) is 11.6 Å². The predicted molar refractivity (Wildman–Crippen MR) is 69.6 cm³/mol. The number of aliphatic hydroxyl groups excluding tert-OH is 1. The van der Waals surface area contributed by atoms with Crippen molar-refractivity contribution < 1.29 is 5.11 Å². The van der Waals surface area contributed by atoms with E-state index in [1.165, 1.54) is 4.88 Å². The molecule has 1 aliphatic rings. The fraction of sp³-hybridized carbons (Fsp3) is 0.417. The van der Waals surface area contributed by atoms with Gasteiger partial charge in [0.05, 0.1) is 16.7 Å². The molecule has 0 aliphatic carbocycles. The Labute approximate surface area is 109 Å². The highest BCUT2D eigenvalue weighted by Crippen LogP contribution is 2.33. The van der Waals surface area contributed by atoms with Gasteiger partial charge in [0.25, 0.3) is 0 Å². The van der Waals surface area contributed by atoms with Gasteiger partial charge in [0, 0.05) is 17.8 Å². The molecule has 0 saturated carbocycles. The summed E-state index contributed by atoms with van der Waals surface area (Å²) in [5.74, 6) is 0.940. The maximum atomic E-state index is 9.67. The summed E-state index contributed by atoms with van der Waals surface area (Å²) < 4.78 is 2.14. The zero-order chi connectivity index (χ0) is 12.0. The molecule has 3 rings (SSSR count). The Morgan fingerprint density at radius 3 is 3.06 bits per heavy atom. The Bertz CT molecular complexity index is 561. The van der Waals surface area contributed by atoms with E-state index in [1.54, 1.807) is 11.3 Å². The summed E-state index contributed by atoms with van der Waals surface area (Å²) in [6.07, 6.45) is 1.10. The second-order valence-corrected chi connectivity index (χ2v) is 6.03. The third-order valence-corrected chi connectivity index (χ3v) is 4.40. The average molecular weight is 269 g/mol. The van der Waals surface area contributed by atoms with E-state index in [4.69, 9.17) is 11.6 Å². The Kier molecular flexibility index (Phi) is 2.73. The summed E-state index contributed by atoms with van der Waals surface area (Å²) >= 11 is 7.87. The first-order chi connectivity index (χ1) is 8.15. The average Bonchev–Trinajstić information content (AvgIpc) is 2.84. The van der Waals surface area contributed by atoms with Crippen LogP contribution >= 0.6 is 22.9 Å². The van der Waals surface area contributed by atoms with Crippen molar-refractivity contribution >= 4 is 22.9 Å². The highest BCUT2D eigenvalue weighted by Gasteiger charge is 2.24. The first-order valence-electron chi connectivity index (χ1n) is 5.65. The third kappa shape index (κ3) is 1.90. The summed E-state index contributed by atoms with van der Waals surface area (Å²) in [7, 11) is 0. The summed E-state index contributed by atoms with van der Waals surface area (Å²) in [5, 5.41) is 10.2. The van der Waals surface area contributed by atoms with Crippen LogP contribution in [-0.4, -0.2) is 20.8 Å². The number of hydrogen-bond acceptors (Lipinski definition) is 3. The molecule has 1 atom stereocenters. The molecule has 2 aromatic rings. The fourth-order valence-corrected chi connectivity index (χ4v) is 3.36. The Balaban J connectivity index is 2.10. The van der Waals surface area contributed by atoms with Crippen molar-refractivity contribution in [2.24, 2.45) is 0 Å². The van der Waals surface area contributed by atoms with Gasteiger partial charge in [-0.05, 0) is 25.5 Å². The molecule has 1 aliphatic heterocycles. The van der Waals surface area contributed by atoms with Crippen LogP contribution in [0.5, 0.6) is 0 Å². The van der Waals surface area contributed by atoms with Crippen molar-refractivity contribution in [2.75, 3.05) is 0 Å². The van der Waals surface area contributed by atoms with E-state index in [0.29, 0.717) is 11.6 Å². The van der Waals surface area contributed by atoms with Gasteiger partial charge >= 0.3 is 0 Å². The van der Waals surface area contributed by atoms with Crippen LogP contribution < -0.4 is 0 Å². The number of rotatable bonds is 1. The molecule has 0 radical (unpaired) electrons. The van der Waals surface area contributed by atoms with Gasteiger partial charge in [0.15, 0.2) is 11.0 Å². The SMILES string of the molecule is Cc1ccc(-c2nc(Cl)c3n2CCC(O)C3)s1. The van der Waals surface area contributed by atoms with Gasteiger partial charge in [0.1, 0.15) is 0 Å². The van der Waals surface area contributed by atoms with Gasteiger partial charge in [-0.15, -0.1) is 11.3 Å². The summed E-state index contributed by atoms with van der Waals surface area (Å²) in [4.78, 5) is 6.85. The summed E-state index contributed by atoms with van der Waals surface area (Å²) in [5.41, 5.74) is 0.964. The lowest BCUT2D eigenvalue weighted by Crippen LogP contribution is -2.23. The molecule has 1 N–H and O–H groups in total. The Morgan fingerprint density at radius 2 is 2.35 bits per heavy atom. The number of halogens is 1. The molecule has 0 saturated heterocycles. The van der Waals surface area contributed by atoms with Gasteiger partial charge in [-0.2, -0.15) is 0 Å². The van der Waals surface area contributed by atoms with Gasteiger partial charge in [-0.25, -0.2) is 4.98 Å². The molecule has 90 valence electrons. The van der Waals surface area contributed by atoms with E-state index in [1.807, 2.05) is 0 Å². The van der Waals surface area contributed by atoms with E-state index in [0.717, 1.165) is 29.4 Å². The number of aryl methyl sites for hydroxylation is 1. The molecule has 0 bridgehead atoms. The lowest BCUT2D eigenvalue weighted by molar-refractivity contribution is 0.144. The molecule has 1 unspecified atom stereocenters. The van der Waals surface area contributed by atoms with Crippen molar-refractivity contribution in [3.63, 3.8) is 0 Å². The quantitative estimate of drug-likeness (QED) is 0.864. The third-order valence-electron chi connectivity index (χ3n) is 3.10. The second kappa shape index (κ2) is 4.12. The monoisotopic (exact) mass is 268 g/mol. The van der Waals surface area contributed by atoms with Crippen LogP contribution in [0, 0.1) is 6.92 Å². The molecule has 17 heavy (non-hydrogen) atoms. The van der Waals surface area contributed by atoms with Crippen molar-refractivity contribution in [2.45, 2.75) is 32.4 Å². The molecular weight excluding hydrogens is 256 g/mol. The van der Waals surface area contributed by atoms with Crippen molar-refractivity contribution in [3.05, 3.63) is 27.9 Å². The highest BCUT2D eigenvalue weighted by molar-refractivity contribution is 7.15. The van der Waals surface area contributed by atoms with Crippen molar-refractivity contribution in [1.29, 1.82) is 0 Å². The molecular formula is C12H13ClN2OS. The maximum absolute atomic E-state index is 9.67. The van der Waals surface area contributed by atoms with Crippen LogP contribution in [0.3, 0.4) is 0 Å². The molecule has 0 amide bonds. The maximum Gasteiger partial charge on any atom is 0.152 e. The normalized spacial score (nSPS) is 19.4. The number of imidazole rings is 1. The number of aromatic nitrogens is 2. The smallest absolute Gasteiger partial charge is 0.152 e. The summed E-state index contributed by atoms with van der Waals surface area (Å²) in [6, 6.07) is 4.17. The number of nitrogens with zero attached hydrogens (tertiary/aromatic N) is 2. The number of thiophene rings is 1. The van der Waals surface area contributed by atoms with Gasteiger partial charge in [0.2, 0.25) is 0 Å². The topological polar surface area (TPSA) is 38.0 Å². The first kappa shape index (κ1) is 11.3. The zero-order valence-electron chi connectivity index (χ0n) is 9.48. The molecule has 2 aromatic heterocycles. The van der Waals surface area contributed by atoms with E-state index in [2.05, 4.69) is 28.6 Å². The van der Waals surface area contributed by atoms with Gasteiger partial charge < -0.3 is 9.67 Å². The number of hydrogen-bond donors (Lipinski definition) is 1. The minimum absolute atomic E-state index is 0.283. The first-order valence-corrected chi connectivity index (χ1v) is 6.84. The van der Waals surface area contributed by atoms with Crippen molar-refractivity contribution in [3.8, 4) is 10.7 Å². The number of aliphatic hydroxyl groups is 1. The van der Waals surface area contributed by atoms with E-state index >= 15 is 0 Å². The largest absolute Gasteiger partial charge is 0.393 e. The molecule has 0 spiro atoms. The van der Waals surface area contributed by atoms with Crippen LogP contribution in [0.1, 0.15) is 17.0 Å². The summed E-state index contributed by atoms with van der Waals surface area (Å²) in [6.45, 7) is 2.88. The van der Waals surface area contributed by atoms with Crippen LogP contribution in [0.4, 0.5) is 0 Å². The van der Waals surface area contributed by atoms with Gasteiger partial charge in [-0.3, -0.25) is 0 Å². The number of fused-ring (bicyclic) bond motifs is 1. The van der Waals surface area contributed by atoms with Crippen molar-refractivity contribution in [1.82, 2.24) is 9.55 Å². The van der Waals surface area contributed by atoms with Crippen LogP contribution in [0.2, 0.25) is 5.15 Å². The molecule has 3 heterocycles.